The highest BCUT2D eigenvalue weighted by molar-refractivity contribution is 6.30. The molecule has 1 aliphatic rings. The van der Waals surface area contributed by atoms with E-state index >= 15 is 0 Å². The highest BCUT2D eigenvalue weighted by Gasteiger charge is 2.25. The number of hydrogen-bond donors (Lipinski definition) is 1. The number of piperidine rings is 1. The van der Waals surface area contributed by atoms with Crippen molar-refractivity contribution < 1.29 is 9.59 Å². The molecule has 1 N–H and O–H groups in total. The molecule has 0 radical (unpaired) electrons. The van der Waals surface area contributed by atoms with Gasteiger partial charge in [0, 0.05) is 29.7 Å². The summed E-state index contributed by atoms with van der Waals surface area (Å²) in [6.07, 6.45) is 1.72. The summed E-state index contributed by atoms with van der Waals surface area (Å²) in [5.41, 5.74) is 0.572. The number of carbonyl (C=O) groups is 2. The Hall–Kier alpha value is -1.99. The van der Waals surface area contributed by atoms with Gasteiger partial charge in [0.05, 0.1) is 0 Å². The van der Waals surface area contributed by atoms with Crippen molar-refractivity contribution in [2.24, 2.45) is 0 Å². The van der Waals surface area contributed by atoms with E-state index in [4.69, 9.17) is 11.6 Å². The van der Waals surface area contributed by atoms with E-state index in [0.29, 0.717) is 23.7 Å². The summed E-state index contributed by atoms with van der Waals surface area (Å²) in [7, 11) is 0. The molecule has 1 aromatic carbocycles. The van der Waals surface area contributed by atoms with Gasteiger partial charge in [0.2, 0.25) is 0 Å². The van der Waals surface area contributed by atoms with Crippen molar-refractivity contribution in [2.45, 2.75) is 25.8 Å². The maximum Gasteiger partial charge on any atom is 0.296 e. The second-order valence-corrected chi connectivity index (χ2v) is 5.39. The minimum Gasteiger partial charge on any atom is -0.341 e. The van der Waals surface area contributed by atoms with Crippen molar-refractivity contribution in [1.29, 1.82) is 0 Å². The minimum absolute atomic E-state index is 0.0461. The van der Waals surface area contributed by atoms with Crippen LogP contribution >= 0.6 is 11.6 Å². The average Bonchev–Trinajstić information content (AvgIpc) is 2.47. The maximum absolute atomic E-state index is 12.4. The molecule has 1 atom stereocenters. The fourth-order valence-corrected chi connectivity index (χ4v) is 2.61. The van der Waals surface area contributed by atoms with E-state index in [0.717, 1.165) is 12.8 Å². The summed E-state index contributed by atoms with van der Waals surface area (Å²) in [5, 5.41) is 3.38. The Balaban J connectivity index is 2.01. The number of carbonyl (C=O) groups excluding carboxylic acids is 2. The fraction of sp³-hybridized carbons (Fsp3) is 0.375. The first-order valence-electron chi connectivity index (χ1n) is 6.88. The largest absolute Gasteiger partial charge is 0.341 e. The van der Waals surface area contributed by atoms with Crippen LogP contribution in [0.1, 0.15) is 30.1 Å². The number of likely N-dealkylation sites (tertiary alicyclic amines) is 1. The molecule has 110 valence electrons. The molecule has 1 aromatic rings. The third-order valence-corrected chi connectivity index (χ3v) is 3.59. The Morgan fingerprint density at radius 3 is 2.95 bits per heavy atom. The molecule has 1 saturated heterocycles. The van der Waals surface area contributed by atoms with Crippen molar-refractivity contribution in [3.05, 3.63) is 34.9 Å². The average molecular weight is 305 g/mol. The van der Waals surface area contributed by atoms with Crippen LogP contribution in [-0.4, -0.2) is 35.8 Å². The van der Waals surface area contributed by atoms with Crippen molar-refractivity contribution in [2.75, 3.05) is 13.1 Å². The summed E-state index contributed by atoms with van der Waals surface area (Å²) >= 11 is 5.92. The molecule has 1 aliphatic heterocycles. The summed E-state index contributed by atoms with van der Waals surface area (Å²) in [5.74, 6) is 4.67. The van der Waals surface area contributed by atoms with Gasteiger partial charge in [0.25, 0.3) is 11.8 Å². The van der Waals surface area contributed by atoms with Gasteiger partial charge in [-0.15, -0.1) is 0 Å². The van der Waals surface area contributed by atoms with Crippen molar-refractivity contribution >= 4 is 23.4 Å². The smallest absolute Gasteiger partial charge is 0.296 e. The highest BCUT2D eigenvalue weighted by Crippen LogP contribution is 2.16. The highest BCUT2D eigenvalue weighted by atomic mass is 35.5. The quantitative estimate of drug-likeness (QED) is 0.851. The zero-order valence-corrected chi connectivity index (χ0v) is 12.6. The number of nitrogens with one attached hydrogen (secondary N) is 1. The Morgan fingerprint density at radius 2 is 2.24 bits per heavy atom. The van der Waals surface area contributed by atoms with E-state index in [9.17, 15) is 9.59 Å². The molecule has 4 nitrogen and oxygen atoms in total. The summed E-state index contributed by atoms with van der Waals surface area (Å²) < 4.78 is 0. The van der Waals surface area contributed by atoms with E-state index in [2.05, 4.69) is 17.2 Å². The van der Waals surface area contributed by atoms with Gasteiger partial charge in [-0.3, -0.25) is 9.59 Å². The lowest BCUT2D eigenvalue weighted by molar-refractivity contribution is -0.116. The predicted octanol–water partition coefficient (Wildman–Crippen LogP) is 2.08. The normalized spacial score (nSPS) is 17.6. The fourth-order valence-electron chi connectivity index (χ4n) is 2.42. The SMILES string of the molecule is CC#CC(=O)NC1CCCN(C(=O)c2cccc(Cl)c2)C1. The molecule has 1 heterocycles. The lowest BCUT2D eigenvalue weighted by Crippen LogP contribution is -2.49. The van der Waals surface area contributed by atoms with Crippen LogP contribution in [0.15, 0.2) is 24.3 Å². The standard InChI is InChI=1S/C16H17ClN2O2/c1-2-5-15(20)18-14-8-4-9-19(11-14)16(21)12-6-3-7-13(17)10-12/h3,6-7,10,14H,4,8-9,11H2,1H3,(H,18,20). The van der Waals surface area contributed by atoms with Crippen LogP contribution in [-0.2, 0) is 4.79 Å². The third-order valence-electron chi connectivity index (χ3n) is 3.35. The number of nitrogens with zero attached hydrogens (tertiary/aromatic N) is 1. The first-order chi connectivity index (χ1) is 10.1. The van der Waals surface area contributed by atoms with Crippen LogP contribution < -0.4 is 5.32 Å². The van der Waals surface area contributed by atoms with Gasteiger partial charge in [0.1, 0.15) is 0 Å². The lowest BCUT2D eigenvalue weighted by atomic mass is 10.0. The number of amides is 2. The molecule has 2 rings (SSSR count). The first kappa shape index (κ1) is 15.4. The van der Waals surface area contributed by atoms with E-state index in [1.807, 2.05) is 0 Å². The van der Waals surface area contributed by atoms with Gasteiger partial charge in [-0.2, -0.15) is 0 Å². The van der Waals surface area contributed by atoms with Gasteiger partial charge in [-0.25, -0.2) is 0 Å². The number of halogens is 1. The minimum atomic E-state index is -0.292. The summed E-state index contributed by atoms with van der Waals surface area (Å²) in [6.45, 7) is 2.81. The number of benzene rings is 1. The lowest BCUT2D eigenvalue weighted by Gasteiger charge is -2.32. The molecule has 1 unspecified atom stereocenters. The van der Waals surface area contributed by atoms with Crippen molar-refractivity contribution in [1.82, 2.24) is 10.2 Å². The van der Waals surface area contributed by atoms with Crippen LogP contribution in [0.4, 0.5) is 0 Å². The third kappa shape index (κ3) is 4.24. The van der Waals surface area contributed by atoms with Gasteiger partial charge in [-0.1, -0.05) is 23.6 Å². The molecule has 2 amide bonds. The monoisotopic (exact) mass is 304 g/mol. The molecule has 21 heavy (non-hydrogen) atoms. The topological polar surface area (TPSA) is 49.4 Å². The number of hydrogen-bond acceptors (Lipinski definition) is 2. The van der Waals surface area contributed by atoms with Crippen LogP contribution in [0.3, 0.4) is 0 Å². The van der Waals surface area contributed by atoms with E-state index in [1.54, 1.807) is 36.1 Å². The van der Waals surface area contributed by atoms with Crippen LogP contribution in [0.25, 0.3) is 0 Å². The predicted molar refractivity (Wildman–Crippen MR) is 82.0 cm³/mol. The van der Waals surface area contributed by atoms with E-state index in [-0.39, 0.29) is 17.9 Å². The van der Waals surface area contributed by atoms with Crippen LogP contribution in [0.5, 0.6) is 0 Å². The van der Waals surface area contributed by atoms with Crippen LogP contribution in [0.2, 0.25) is 5.02 Å². The maximum atomic E-state index is 12.4. The second kappa shape index (κ2) is 7.14. The molecular weight excluding hydrogens is 288 g/mol. The molecule has 5 heteroatoms. The molecular formula is C16H17ClN2O2. The molecule has 1 fully saturated rings. The van der Waals surface area contributed by atoms with E-state index in [1.165, 1.54) is 0 Å². The van der Waals surface area contributed by atoms with E-state index < -0.39 is 0 Å². The van der Waals surface area contributed by atoms with Gasteiger partial charge in [0.15, 0.2) is 0 Å². The molecule has 0 aliphatic carbocycles. The second-order valence-electron chi connectivity index (χ2n) is 4.95. The summed E-state index contributed by atoms with van der Waals surface area (Å²) in [6, 6.07) is 6.86. The zero-order chi connectivity index (χ0) is 15.2. The Kier molecular flexibility index (Phi) is 5.24. The first-order valence-corrected chi connectivity index (χ1v) is 7.26. The molecule has 0 spiro atoms. The van der Waals surface area contributed by atoms with Gasteiger partial charge < -0.3 is 10.2 Å². The van der Waals surface area contributed by atoms with Crippen molar-refractivity contribution in [3.8, 4) is 11.8 Å². The molecule has 0 bridgehead atoms. The van der Waals surface area contributed by atoms with Gasteiger partial charge >= 0.3 is 0 Å². The molecule has 0 aromatic heterocycles. The van der Waals surface area contributed by atoms with Crippen molar-refractivity contribution in [3.63, 3.8) is 0 Å². The van der Waals surface area contributed by atoms with Gasteiger partial charge in [-0.05, 0) is 43.9 Å². The summed E-state index contributed by atoms with van der Waals surface area (Å²) in [4.78, 5) is 25.7. The zero-order valence-electron chi connectivity index (χ0n) is 11.9. The Morgan fingerprint density at radius 1 is 1.43 bits per heavy atom. The van der Waals surface area contributed by atoms with Crippen LogP contribution in [0, 0.1) is 11.8 Å². The Bertz CT molecular complexity index is 604. The number of rotatable bonds is 2. The molecule has 0 saturated carbocycles. The Labute approximate surface area is 129 Å².